The summed E-state index contributed by atoms with van der Waals surface area (Å²) in [6.07, 6.45) is 2.06. The summed E-state index contributed by atoms with van der Waals surface area (Å²) in [7, 11) is 0. The molecule has 0 N–H and O–H groups in total. The van der Waals surface area contributed by atoms with Crippen molar-refractivity contribution in [2.45, 2.75) is 26.7 Å². The van der Waals surface area contributed by atoms with Crippen molar-refractivity contribution in [2.75, 3.05) is 31.1 Å². The molecule has 0 spiro atoms. The first-order chi connectivity index (χ1) is 10.0. The van der Waals surface area contributed by atoms with Crippen molar-refractivity contribution < 1.29 is 13.6 Å². The van der Waals surface area contributed by atoms with E-state index in [0.717, 1.165) is 38.1 Å². The highest BCUT2D eigenvalue weighted by Gasteiger charge is 2.22. The van der Waals surface area contributed by atoms with Crippen molar-refractivity contribution in [3.8, 4) is 0 Å². The molecular weight excluding hydrogens is 274 g/mol. The molecule has 0 aromatic heterocycles. The van der Waals surface area contributed by atoms with E-state index in [1.807, 2.05) is 11.8 Å². The Bertz CT molecular complexity index is 499. The van der Waals surface area contributed by atoms with Crippen LogP contribution in [-0.4, -0.2) is 37.0 Å². The lowest BCUT2D eigenvalue weighted by Crippen LogP contribution is -2.44. The first-order valence-electron chi connectivity index (χ1n) is 7.49. The van der Waals surface area contributed by atoms with Gasteiger partial charge in [-0.25, -0.2) is 8.78 Å². The van der Waals surface area contributed by atoms with Gasteiger partial charge in [-0.3, -0.25) is 4.79 Å². The molecule has 0 unspecified atom stereocenters. The van der Waals surface area contributed by atoms with Crippen LogP contribution in [0.5, 0.6) is 0 Å². The van der Waals surface area contributed by atoms with Gasteiger partial charge in [0.1, 0.15) is 0 Å². The molecule has 1 aliphatic rings. The fourth-order valence-corrected chi connectivity index (χ4v) is 2.59. The molecule has 1 amide bonds. The molecule has 3 nitrogen and oxygen atoms in total. The van der Waals surface area contributed by atoms with E-state index in [1.54, 1.807) is 4.90 Å². The number of carbonyl (C=O) groups excluding carboxylic acids is 1. The van der Waals surface area contributed by atoms with Crippen LogP contribution in [0.2, 0.25) is 0 Å². The molecule has 1 aromatic carbocycles. The van der Waals surface area contributed by atoms with Crippen LogP contribution in [0.15, 0.2) is 18.2 Å². The minimum absolute atomic E-state index is 0.0495. The highest BCUT2D eigenvalue weighted by Crippen LogP contribution is 2.19. The average molecular weight is 296 g/mol. The van der Waals surface area contributed by atoms with Crippen LogP contribution in [0.1, 0.15) is 26.7 Å². The summed E-state index contributed by atoms with van der Waals surface area (Å²) in [6, 6.07) is 3.75. The SMILES string of the molecule is CCN(CC(=O)N1CCC(C)CC1)c1ccc(F)c(F)c1. The quantitative estimate of drug-likeness (QED) is 0.852. The zero-order valence-corrected chi connectivity index (χ0v) is 12.6. The fraction of sp³-hybridized carbons (Fsp3) is 0.562. The van der Waals surface area contributed by atoms with Crippen LogP contribution in [0, 0.1) is 17.6 Å². The maximum atomic E-state index is 13.3. The Kier molecular flexibility index (Phi) is 5.15. The molecule has 21 heavy (non-hydrogen) atoms. The Balaban J connectivity index is 2.01. The second-order valence-corrected chi connectivity index (χ2v) is 5.68. The van der Waals surface area contributed by atoms with Gasteiger partial charge in [0.2, 0.25) is 5.91 Å². The number of anilines is 1. The average Bonchev–Trinajstić information content (AvgIpc) is 2.48. The molecule has 1 fully saturated rings. The molecule has 1 aliphatic heterocycles. The van der Waals surface area contributed by atoms with Crippen LogP contribution >= 0.6 is 0 Å². The van der Waals surface area contributed by atoms with Crippen molar-refractivity contribution in [1.29, 1.82) is 0 Å². The number of likely N-dealkylation sites (tertiary alicyclic amines) is 1. The van der Waals surface area contributed by atoms with E-state index >= 15 is 0 Å². The molecule has 1 aromatic rings. The minimum atomic E-state index is -0.884. The monoisotopic (exact) mass is 296 g/mol. The van der Waals surface area contributed by atoms with Crippen LogP contribution in [0.3, 0.4) is 0 Å². The Morgan fingerprint density at radius 2 is 1.95 bits per heavy atom. The number of amides is 1. The van der Waals surface area contributed by atoms with Crippen molar-refractivity contribution in [3.05, 3.63) is 29.8 Å². The number of carbonyl (C=O) groups is 1. The van der Waals surface area contributed by atoms with Crippen molar-refractivity contribution in [3.63, 3.8) is 0 Å². The topological polar surface area (TPSA) is 23.6 Å². The third kappa shape index (κ3) is 3.93. The fourth-order valence-electron chi connectivity index (χ4n) is 2.59. The highest BCUT2D eigenvalue weighted by molar-refractivity contribution is 5.81. The summed E-state index contributed by atoms with van der Waals surface area (Å²) in [4.78, 5) is 15.9. The number of hydrogen-bond donors (Lipinski definition) is 0. The van der Waals surface area contributed by atoms with Gasteiger partial charge in [0.25, 0.3) is 0 Å². The lowest BCUT2D eigenvalue weighted by molar-refractivity contribution is -0.131. The Hall–Kier alpha value is -1.65. The molecule has 1 saturated heterocycles. The number of likely N-dealkylation sites (N-methyl/N-ethyl adjacent to an activating group) is 1. The smallest absolute Gasteiger partial charge is 0.242 e. The summed E-state index contributed by atoms with van der Waals surface area (Å²) in [6.45, 7) is 6.44. The van der Waals surface area contributed by atoms with Gasteiger partial charge in [-0.1, -0.05) is 6.92 Å². The summed E-state index contributed by atoms with van der Waals surface area (Å²) in [5, 5.41) is 0. The molecule has 0 radical (unpaired) electrons. The van der Waals surface area contributed by atoms with Gasteiger partial charge in [-0.05, 0) is 37.8 Å². The summed E-state index contributed by atoms with van der Waals surface area (Å²) < 4.78 is 26.3. The molecule has 2 rings (SSSR count). The number of halogens is 2. The Morgan fingerprint density at radius 3 is 2.52 bits per heavy atom. The van der Waals surface area contributed by atoms with E-state index in [4.69, 9.17) is 0 Å². The maximum absolute atomic E-state index is 13.3. The van der Waals surface area contributed by atoms with E-state index < -0.39 is 11.6 Å². The Labute approximate surface area is 124 Å². The molecule has 5 heteroatoms. The predicted molar refractivity (Wildman–Crippen MR) is 79.2 cm³/mol. The summed E-state index contributed by atoms with van der Waals surface area (Å²) >= 11 is 0. The van der Waals surface area contributed by atoms with E-state index in [2.05, 4.69) is 6.92 Å². The van der Waals surface area contributed by atoms with E-state index in [9.17, 15) is 13.6 Å². The predicted octanol–water partition coefficient (Wildman–Crippen LogP) is 3.05. The van der Waals surface area contributed by atoms with E-state index in [1.165, 1.54) is 6.07 Å². The molecule has 116 valence electrons. The zero-order chi connectivity index (χ0) is 15.4. The second-order valence-electron chi connectivity index (χ2n) is 5.68. The number of hydrogen-bond acceptors (Lipinski definition) is 2. The Morgan fingerprint density at radius 1 is 1.29 bits per heavy atom. The first-order valence-corrected chi connectivity index (χ1v) is 7.49. The number of benzene rings is 1. The van der Waals surface area contributed by atoms with Crippen LogP contribution in [0.4, 0.5) is 14.5 Å². The van der Waals surface area contributed by atoms with Gasteiger partial charge < -0.3 is 9.80 Å². The van der Waals surface area contributed by atoms with Gasteiger partial charge >= 0.3 is 0 Å². The van der Waals surface area contributed by atoms with Gasteiger partial charge in [0.15, 0.2) is 11.6 Å². The molecular formula is C16H22F2N2O. The second kappa shape index (κ2) is 6.87. The van der Waals surface area contributed by atoms with Crippen molar-refractivity contribution in [2.24, 2.45) is 5.92 Å². The summed E-state index contributed by atoms with van der Waals surface area (Å²) in [5.74, 6) is -1.03. The van der Waals surface area contributed by atoms with Crippen LogP contribution < -0.4 is 4.90 Å². The lowest BCUT2D eigenvalue weighted by atomic mass is 9.99. The van der Waals surface area contributed by atoms with Gasteiger partial charge in [-0.2, -0.15) is 0 Å². The lowest BCUT2D eigenvalue weighted by Gasteiger charge is -2.32. The molecule has 0 atom stereocenters. The van der Waals surface area contributed by atoms with E-state index in [0.29, 0.717) is 18.2 Å². The molecule has 0 aliphatic carbocycles. The summed E-state index contributed by atoms with van der Waals surface area (Å²) in [5.41, 5.74) is 0.537. The standard InChI is InChI=1S/C16H22F2N2O/c1-3-19(13-4-5-14(17)15(18)10-13)11-16(21)20-8-6-12(2)7-9-20/h4-5,10,12H,3,6-9,11H2,1-2H3. The largest absolute Gasteiger partial charge is 0.362 e. The highest BCUT2D eigenvalue weighted by atomic mass is 19.2. The van der Waals surface area contributed by atoms with Crippen LogP contribution in [0.25, 0.3) is 0 Å². The van der Waals surface area contributed by atoms with Gasteiger partial charge in [-0.15, -0.1) is 0 Å². The number of piperidine rings is 1. The van der Waals surface area contributed by atoms with Crippen LogP contribution in [-0.2, 0) is 4.79 Å². The maximum Gasteiger partial charge on any atom is 0.242 e. The van der Waals surface area contributed by atoms with Gasteiger partial charge in [0, 0.05) is 31.4 Å². The normalized spacial score (nSPS) is 16.1. The molecule has 0 bridgehead atoms. The molecule has 0 saturated carbocycles. The van der Waals surface area contributed by atoms with Gasteiger partial charge in [0.05, 0.1) is 6.54 Å². The minimum Gasteiger partial charge on any atom is -0.362 e. The first kappa shape index (κ1) is 15.7. The van der Waals surface area contributed by atoms with Crippen molar-refractivity contribution in [1.82, 2.24) is 4.90 Å². The third-order valence-electron chi connectivity index (χ3n) is 4.11. The zero-order valence-electron chi connectivity index (χ0n) is 12.6. The molecule has 1 heterocycles. The number of rotatable bonds is 4. The van der Waals surface area contributed by atoms with Crippen molar-refractivity contribution >= 4 is 11.6 Å². The third-order valence-corrected chi connectivity index (χ3v) is 4.11. The van der Waals surface area contributed by atoms with E-state index in [-0.39, 0.29) is 12.5 Å². The number of nitrogens with zero attached hydrogens (tertiary/aromatic N) is 2.